The summed E-state index contributed by atoms with van der Waals surface area (Å²) in [5.41, 5.74) is 0.820. The standard InChI is InChI=1S/C18H31N/c1-2-6-19-13-14(3-1)4-5-18-10-15-7-16(11-18)9-17(8-15)12-18/h14-17,19H,1-13H2. The molecule has 5 aliphatic rings. The monoisotopic (exact) mass is 261 g/mol. The maximum atomic E-state index is 3.66. The van der Waals surface area contributed by atoms with Gasteiger partial charge in [0.2, 0.25) is 0 Å². The van der Waals surface area contributed by atoms with Crippen LogP contribution in [0, 0.1) is 29.1 Å². The summed E-state index contributed by atoms with van der Waals surface area (Å²) in [5, 5.41) is 3.66. The van der Waals surface area contributed by atoms with E-state index < -0.39 is 0 Å². The molecule has 4 aliphatic carbocycles. The molecule has 1 unspecified atom stereocenters. The minimum Gasteiger partial charge on any atom is -0.316 e. The van der Waals surface area contributed by atoms with E-state index in [0.29, 0.717) is 0 Å². The Morgan fingerprint density at radius 2 is 1.58 bits per heavy atom. The van der Waals surface area contributed by atoms with Crippen LogP contribution in [0.1, 0.15) is 70.6 Å². The minimum atomic E-state index is 0.820. The van der Waals surface area contributed by atoms with E-state index in [2.05, 4.69) is 5.32 Å². The van der Waals surface area contributed by atoms with Crippen LogP contribution in [0.4, 0.5) is 0 Å². The molecule has 4 bridgehead atoms. The van der Waals surface area contributed by atoms with E-state index in [9.17, 15) is 0 Å². The van der Waals surface area contributed by atoms with Gasteiger partial charge in [0.1, 0.15) is 0 Å². The van der Waals surface area contributed by atoms with E-state index >= 15 is 0 Å². The molecule has 1 N–H and O–H groups in total. The SMILES string of the molecule is C1CCC(CCC23CC4CC(CC(C4)C2)C3)CNC1. The largest absolute Gasteiger partial charge is 0.316 e. The molecular weight excluding hydrogens is 230 g/mol. The van der Waals surface area contributed by atoms with Crippen LogP contribution in [-0.2, 0) is 0 Å². The molecule has 0 aromatic rings. The molecule has 1 atom stereocenters. The molecule has 0 spiro atoms. The molecule has 0 aromatic carbocycles. The predicted molar refractivity (Wildman–Crippen MR) is 80.0 cm³/mol. The van der Waals surface area contributed by atoms with Crippen LogP contribution in [0.25, 0.3) is 0 Å². The second-order valence-corrected chi connectivity index (χ2v) is 8.52. The molecule has 5 fully saturated rings. The Kier molecular flexibility index (Phi) is 3.38. The maximum Gasteiger partial charge on any atom is -0.00205 e. The zero-order chi connectivity index (χ0) is 12.7. The summed E-state index contributed by atoms with van der Waals surface area (Å²) in [6.07, 6.45) is 17.1. The van der Waals surface area contributed by atoms with Crippen molar-refractivity contribution in [3.63, 3.8) is 0 Å². The molecule has 1 heteroatoms. The van der Waals surface area contributed by atoms with E-state index in [-0.39, 0.29) is 0 Å². The molecular formula is C18H31N. The lowest BCUT2D eigenvalue weighted by Gasteiger charge is -2.57. The van der Waals surface area contributed by atoms with Gasteiger partial charge in [0.25, 0.3) is 0 Å². The zero-order valence-electron chi connectivity index (χ0n) is 12.5. The van der Waals surface area contributed by atoms with Gasteiger partial charge in [0.15, 0.2) is 0 Å². The van der Waals surface area contributed by atoms with Gasteiger partial charge >= 0.3 is 0 Å². The predicted octanol–water partition coefficient (Wildman–Crippen LogP) is 4.37. The van der Waals surface area contributed by atoms with Crippen molar-refractivity contribution in [1.29, 1.82) is 0 Å². The van der Waals surface area contributed by atoms with Crippen LogP contribution < -0.4 is 5.32 Å². The van der Waals surface area contributed by atoms with Crippen LogP contribution in [0.15, 0.2) is 0 Å². The van der Waals surface area contributed by atoms with Gasteiger partial charge in [-0.15, -0.1) is 0 Å². The number of hydrogen-bond acceptors (Lipinski definition) is 1. The topological polar surface area (TPSA) is 12.0 Å². The smallest absolute Gasteiger partial charge is 0.00205 e. The molecule has 19 heavy (non-hydrogen) atoms. The summed E-state index contributed by atoms with van der Waals surface area (Å²) in [6, 6.07) is 0. The minimum absolute atomic E-state index is 0.820. The molecule has 0 radical (unpaired) electrons. The fourth-order valence-electron chi connectivity index (χ4n) is 6.44. The first-order valence-corrected chi connectivity index (χ1v) is 9.02. The molecule has 1 aliphatic heterocycles. The summed E-state index contributed by atoms with van der Waals surface area (Å²) in [4.78, 5) is 0. The van der Waals surface area contributed by atoms with Crippen LogP contribution in [-0.4, -0.2) is 13.1 Å². The van der Waals surface area contributed by atoms with Gasteiger partial charge in [0, 0.05) is 0 Å². The Labute approximate surface area is 118 Å². The van der Waals surface area contributed by atoms with Crippen molar-refractivity contribution in [2.24, 2.45) is 29.1 Å². The highest BCUT2D eigenvalue weighted by atomic mass is 14.9. The van der Waals surface area contributed by atoms with Crippen LogP contribution in [0.5, 0.6) is 0 Å². The molecule has 1 saturated heterocycles. The van der Waals surface area contributed by atoms with Crippen molar-refractivity contribution in [2.45, 2.75) is 70.6 Å². The lowest BCUT2D eigenvalue weighted by atomic mass is 9.48. The summed E-state index contributed by atoms with van der Waals surface area (Å²) in [6.45, 7) is 2.58. The van der Waals surface area contributed by atoms with Gasteiger partial charge in [-0.1, -0.05) is 6.42 Å². The molecule has 0 amide bonds. The lowest BCUT2D eigenvalue weighted by molar-refractivity contribution is -0.0600. The van der Waals surface area contributed by atoms with E-state index in [1.54, 1.807) is 44.9 Å². The van der Waals surface area contributed by atoms with E-state index in [4.69, 9.17) is 0 Å². The Hall–Kier alpha value is -0.0400. The Bertz CT molecular complexity index is 278. The Morgan fingerprint density at radius 3 is 2.26 bits per heavy atom. The summed E-state index contributed by atoms with van der Waals surface area (Å²) < 4.78 is 0. The molecule has 108 valence electrons. The fourth-order valence-corrected chi connectivity index (χ4v) is 6.44. The molecule has 1 heterocycles. The van der Waals surface area contributed by atoms with Crippen LogP contribution in [0.2, 0.25) is 0 Å². The van der Waals surface area contributed by atoms with Crippen molar-refractivity contribution in [3.05, 3.63) is 0 Å². The third kappa shape index (κ3) is 2.60. The van der Waals surface area contributed by atoms with Crippen molar-refractivity contribution in [3.8, 4) is 0 Å². The average Bonchev–Trinajstić information content (AvgIpc) is 2.63. The van der Waals surface area contributed by atoms with Crippen LogP contribution in [0.3, 0.4) is 0 Å². The second kappa shape index (κ2) is 5.06. The van der Waals surface area contributed by atoms with E-state index in [0.717, 1.165) is 29.1 Å². The third-order valence-corrected chi connectivity index (χ3v) is 6.90. The zero-order valence-corrected chi connectivity index (χ0v) is 12.5. The van der Waals surface area contributed by atoms with Gasteiger partial charge in [-0.2, -0.15) is 0 Å². The molecule has 0 aromatic heterocycles. The highest BCUT2D eigenvalue weighted by Crippen LogP contribution is 2.61. The van der Waals surface area contributed by atoms with Crippen LogP contribution >= 0.6 is 0 Å². The lowest BCUT2D eigenvalue weighted by Crippen LogP contribution is -2.46. The second-order valence-electron chi connectivity index (χ2n) is 8.52. The van der Waals surface area contributed by atoms with Gasteiger partial charge < -0.3 is 5.32 Å². The number of hydrogen-bond donors (Lipinski definition) is 1. The quantitative estimate of drug-likeness (QED) is 0.795. The summed E-state index contributed by atoms with van der Waals surface area (Å²) >= 11 is 0. The Morgan fingerprint density at radius 1 is 0.895 bits per heavy atom. The van der Waals surface area contributed by atoms with Crippen molar-refractivity contribution in [2.75, 3.05) is 13.1 Å². The van der Waals surface area contributed by atoms with Gasteiger partial charge in [-0.05, 0) is 106 Å². The number of nitrogens with one attached hydrogen (secondary N) is 1. The Balaban J connectivity index is 1.36. The third-order valence-electron chi connectivity index (χ3n) is 6.90. The van der Waals surface area contributed by atoms with E-state index in [1.807, 2.05) is 0 Å². The maximum absolute atomic E-state index is 3.66. The molecule has 1 nitrogen and oxygen atoms in total. The highest BCUT2D eigenvalue weighted by Gasteiger charge is 2.50. The fraction of sp³-hybridized carbons (Fsp3) is 1.00. The first-order chi connectivity index (χ1) is 9.31. The first kappa shape index (κ1) is 12.7. The number of rotatable bonds is 3. The summed E-state index contributed by atoms with van der Waals surface area (Å²) in [5.74, 6) is 4.41. The molecule has 4 saturated carbocycles. The van der Waals surface area contributed by atoms with Crippen molar-refractivity contribution < 1.29 is 0 Å². The van der Waals surface area contributed by atoms with E-state index in [1.165, 1.54) is 38.8 Å². The summed E-state index contributed by atoms with van der Waals surface area (Å²) in [7, 11) is 0. The molecule has 5 rings (SSSR count). The normalized spacial score (nSPS) is 49.3. The van der Waals surface area contributed by atoms with Crippen molar-refractivity contribution in [1.82, 2.24) is 5.32 Å². The van der Waals surface area contributed by atoms with Gasteiger partial charge in [0.05, 0.1) is 0 Å². The average molecular weight is 261 g/mol. The van der Waals surface area contributed by atoms with Crippen molar-refractivity contribution >= 4 is 0 Å². The highest BCUT2D eigenvalue weighted by molar-refractivity contribution is 5.01. The first-order valence-electron chi connectivity index (χ1n) is 9.02. The van der Waals surface area contributed by atoms with Gasteiger partial charge in [-0.25, -0.2) is 0 Å². The van der Waals surface area contributed by atoms with Gasteiger partial charge in [-0.3, -0.25) is 0 Å².